The van der Waals surface area contributed by atoms with E-state index in [1.54, 1.807) is 12.1 Å². The van der Waals surface area contributed by atoms with Gasteiger partial charge in [-0.05, 0) is 31.5 Å². The third kappa shape index (κ3) is 4.90. The number of piperazine rings is 1. The third-order valence-electron chi connectivity index (χ3n) is 6.88. The average Bonchev–Trinajstić information content (AvgIpc) is 3.19. The first-order valence-electron chi connectivity index (χ1n) is 12.2. The average molecular weight is 518 g/mol. The van der Waals surface area contributed by atoms with E-state index in [0.717, 1.165) is 9.87 Å². The Hall–Kier alpha value is -3.18. The molecule has 0 bridgehead atoms. The van der Waals surface area contributed by atoms with Gasteiger partial charge >= 0.3 is 10.2 Å². The van der Waals surface area contributed by atoms with Gasteiger partial charge in [-0.3, -0.25) is 18.8 Å². The zero-order valence-electron chi connectivity index (χ0n) is 20.6. The lowest BCUT2D eigenvalue weighted by Gasteiger charge is -2.41. The molecule has 36 heavy (non-hydrogen) atoms. The van der Waals surface area contributed by atoms with Crippen LogP contribution in [0.1, 0.15) is 25.5 Å². The number of nitrogens with zero attached hydrogens (tertiary/aromatic N) is 5. The van der Waals surface area contributed by atoms with Crippen LogP contribution in [0, 0.1) is 5.82 Å². The number of anilines is 2. The second-order valence-corrected chi connectivity index (χ2v) is 10.6. The minimum atomic E-state index is -3.97. The molecule has 2 aliphatic heterocycles. The van der Waals surface area contributed by atoms with E-state index in [9.17, 15) is 18.0 Å². The summed E-state index contributed by atoms with van der Waals surface area (Å²) in [5, 5.41) is 0. The zero-order chi connectivity index (χ0) is 25.9. The second kappa shape index (κ2) is 10.8. The van der Waals surface area contributed by atoms with Gasteiger partial charge in [0.15, 0.2) is 0 Å². The highest BCUT2D eigenvalue weighted by Gasteiger charge is 2.37. The van der Waals surface area contributed by atoms with Crippen LogP contribution in [0.25, 0.3) is 0 Å². The number of carbonyl (C=O) groups excluding carboxylic acids is 2. The van der Waals surface area contributed by atoms with Crippen LogP contribution < -0.4 is 9.21 Å². The summed E-state index contributed by atoms with van der Waals surface area (Å²) in [7, 11) is -3.97. The molecule has 2 heterocycles. The molecular formula is C25H32FN5O4S. The second-order valence-electron chi connectivity index (χ2n) is 8.78. The molecule has 2 aromatic rings. The molecular weight excluding hydrogens is 485 g/mol. The van der Waals surface area contributed by atoms with Crippen LogP contribution in [0.5, 0.6) is 0 Å². The van der Waals surface area contributed by atoms with Crippen molar-refractivity contribution in [1.29, 1.82) is 0 Å². The van der Waals surface area contributed by atoms with E-state index in [4.69, 9.17) is 0 Å². The van der Waals surface area contributed by atoms with Gasteiger partial charge in [0, 0.05) is 45.3 Å². The molecule has 2 aliphatic rings. The topological polar surface area (TPSA) is 84.5 Å². The normalized spacial score (nSPS) is 18.8. The van der Waals surface area contributed by atoms with Crippen molar-refractivity contribution in [2.45, 2.75) is 19.9 Å². The molecule has 2 amide bonds. The standard InChI is InChI=1S/C25H32FN5O4S/c1-3-27(4-2)25(33)24(20-8-6-5-7-9-20)29-14-12-28(13-15-29)23-11-10-21(18-22(23)26)31-17-16-30(19-32)36(31,34)35/h5-11,18-19,24H,3-4,12-17H2,1-2H3. The Kier molecular flexibility index (Phi) is 7.79. The Morgan fingerprint density at radius 1 is 1.00 bits per heavy atom. The van der Waals surface area contributed by atoms with Crippen molar-refractivity contribution in [2.24, 2.45) is 0 Å². The van der Waals surface area contributed by atoms with Gasteiger partial charge in [0.2, 0.25) is 12.3 Å². The van der Waals surface area contributed by atoms with Gasteiger partial charge in [-0.25, -0.2) is 8.70 Å². The van der Waals surface area contributed by atoms with Gasteiger partial charge in [0.25, 0.3) is 0 Å². The molecule has 2 fully saturated rings. The summed E-state index contributed by atoms with van der Waals surface area (Å²) < 4.78 is 41.8. The number of likely N-dealkylation sites (N-methyl/N-ethyl adjacent to an activating group) is 1. The van der Waals surface area contributed by atoms with Crippen LogP contribution in [0.15, 0.2) is 48.5 Å². The molecule has 2 saturated heterocycles. The Balaban J connectivity index is 1.49. The van der Waals surface area contributed by atoms with Crippen LogP contribution in [-0.2, 0) is 19.8 Å². The molecule has 194 valence electrons. The lowest BCUT2D eigenvalue weighted by molar-refractivity contribution is -0.137. The summed E-state index contributed by atoms with van der Waals surface area (Å²) >= 11 is 0. The summed E-state index contributed by atoms with van der Waals surface area (Å²) in [6.45, 7) is 7.51. The molecule has 9 nitrogen and oxygen atoms in total. The molecule has 1 unspecified atom stereocenters. The predicted molar refractivity (Wildman–Crippen MR) is 136 cm³/mol. The van der Waals surface area contributed by atoms with Gasteiger partial charge < -0.3 is 9.80 Å². The summed E-state index contributed by atoms with van der Waals surface area (Å²) in [5.41, 5.74) is 1.51. The van der Waals surface area contributed by atoms with Gasteiger partial charge in [-0.2, -0.15) is 8.42 Å². The number of rotatable bonds is 8. The fourth-order valence-corrected chi connectivity index (χ4v) is 6.26. The molecule has 1 atom stereocenters. The molecule has 0 aliphatic carbocycles. The monoisotopic (exact) mass is 517 g/mol. The van der Waals surface area contributed by atoms with E-state index in [1.807, 2.05) is 54.0 Å². The van der Waals surface area contributed by atoms with Crippen LogP contribution in [-0.4, -0.2) is 87.2 Å². The Bertz CT molecular complexity index is 1180. The van der Waals surface area contributed by atoms with Gasteiger partial charge in [0.1, 0.15) is 11.9 Å². The lowest BCUT2D eigenvalue weighted by Crippen LogP contribution is -2.52. The smallest absolute Gasteiger partial charge is 0.328 e. The molecule has 2 aromatic carbocycles. The van der Waals surface area contributed by atoms with Crippen molar-refractivity contribution < 1.29 is 22.4 Å². The fourth-order valence-electron chi connectivity index (χ4n) is 4.90. The Labute approximate surface area is 211 Å². The lowest BCUT2D eigenvalue weighted by atomic mass is 10.0. The number of carbonyl (C=O) groups is 2. The molecule has 0 aromatic heterocycles. The fraction of sp³-hybridized carbons (Fsp3) is 0.440. The molecule has 11 heteroatoms. The summed E-state index contributed by atoms with van der Waals surface area (Å²) in [4.78, 5) is 30.3. The number of benzene rings is 2. The van der Waals surface area contributed by atoms with E-state index in [-0.39, 0.29) is 31.1 Å². The van der Waals surface area contributed by atoms with E-state index in [1.165, 1.54) is 6.07 Å². The Morgan fingerprint density at radius 3 is 2.22 bits per heavy atom. The quantitative estimate of drug-likeness (QED) is 0.499. The van der Waals surface area contributed by atoms with Crippen molar-refractivity contribution in [3.05, 3.63) is 59.9 Å². The largest absolute Gasteiger partial charge is 0.367 e. The minimum Gasteiger partial charge on any atom is -0.367 e. The van der Waals surface area contributed by atoms with Crippen molar-refractivity contribution in [2.75, 3.05) is 61.6 Å². The van der Waals surface area contributed by atoms with Crippen LogP contribution in [0.3, 0.4) is 0 Å². The van der Waals surface area contributed by atoms with Crippen LogP contribution in [0.4, 0.5) is 15.8 Å². The first-order valence-corrected chi connectivity index (χ1v) is 13.6. The number of amides is 2. The first kappa shape index (κ1) is 25.9. The maximum Gasteiger partial charge on any atom is 0.328 e. The maximum absolute atomic E-state index is 15.1. The van der Waals surface area contributed by atoms with Crippen molar-refractivity contribution in [3.63, 3.8) is 0 Å². The van der Waals surface area contributed by atoms with Crippen molar-refractivity contribution in [1.82, 2.24) is 14.1 Å². The van der Waals surface area contributed by atoms with Gasteiger partial charge in [-0.15, -0.1) is 0 Å². The molecule has 0 spiro atoms. The molecule has 0 radical (unpaired) electrons. The van der Waals surface area contributed by atoms with E-state index >= 15 is 4.39 Å². The highest BCUT2D eigenvalue weighted by atomic mass is 32.2. The number of hydrogen-bond donors (Lipinski definition) is 0. The van der Waals surface area contributed by atoms with Gasteiger partial charge in [0.05, 0.1) is 24.5 Å². The summed E-state index contributed by atoms with van der Waals surface area (Å²) in [6.07, 6.45) is 0.271. The van der Waals surface area contributed by atoms with Crippen molar-refractivity contribution in [3.8, 4) is 0 Å². The highest BCUT2D eigenvalue weighted by molar-refractivity contribution is 7.91. The molecule has 0 N–H and O–H groups in total. The third-order valence-corrected chi connectivity index (χ3v) is 8.69. The highest BCUT2D eigenvalue weighted by Crippen LogP contribution is 2.31. The Morgan fingerprint density at radius 2 is 1.67 bits per heavy atom. The van der Waals surface area contributed by atoms with Crippen molar-refractivity contribution >= 4 is 33.9 Å². The minimum absolute atomic E-state index is 0.0337. The SMILES string of the molecule is CCN(CC)C(=O)C(c1ccccc1)N1CCN(c2ccc(N3CCN(C=O)S3(=O)=O)cc2F)CC1. The van der Waals surface area contributed by atoms with Crippen LogP contribution in [0.2, 0.25) is 0 Å². The first-order chi connectivity index (χ1) is 17.3. The number of hydrogen-bond acceptors (Lipinski definition) is 6. The van der Waals surface area contributed by atoms with Crippen LogP contribution >= 0.6 is 0 Å². The summed E-state index contributed by atoms with van der Waals surface area (Å²) in [5.74, 6) is -0.467. The van der Waals surface area contributed by atoms with E-state index in [0.29, 0.717) is 49.3 Å². The summed E-state index contributed by atoms with van der Waals surface area (Å²) in [6, 6.07) is 13.7. The number of halogens is 1. The van der Waals surface area contributed by atoms with Gasteiger partial charge in [-0.1, -0.05) is 30.3 Å². The maximum atomic E-state index is 15.1. The van der Waals surface area contributed by atoms with E-state index < -0.39 is 22.1 Å². The zero-order valence-corrected chi connectivity index (χ0v) is 21.4. The van der Waals surface area contributed by atoms with E-state index in [2.05, 4.69) is 4.90 Å². The molecule has 4 rings (SSSR count). The molecule has 0 saturated carbocycles. The predicted octanol–water partition coefficient (Wildman–Crippen LogP) is 2.08.